The maximum absolute atomic E-state index is 14.4. The third kappa shape index (κ3) is 6.66. The van der Waals surface area contributed by atoms with E-state index in [1.165, 1.54) is 4.74 Å². The largest absolute Gasteiger partial charge is 0.527 e. The molecule has 0 radical (unpaired) electrons. The molecule has 0 heterocycles. The van der Waals surface area contributed by atoms with E-state index < -0.39 is 74.9 Å². The molecule has 1 amide bonds. The highest BCUT2D eigenvalue weighted by Gasteiger charge is 2.80. The molecule has 0 aliphatic heterocycles. The Morgan fingerprint density at radius 1 is 0.800 bits per heavy atom. The number of nitrogens with zero attached hydrogens (tertiary/aromatic N) is 1. The Hall–Kier alpha value is -3.39. The quantitative estimate of drug-likeness (QED) is 0.167. The summed E-state index contributed by atoms with van der Waals surface area (Å²) < 4.78 is 176. The number of carbonyl (C=O) groups excluding carboxylic acids is 1. The highest BCUT2D eigenvalue weighted by atomic mass is 35.5. The van der Waals surface area contributed by atoms with Crippen molar-refractivity contribution in [1.82, 2.24) is 0 Å². The minimum Gasteiger partial charge on any atom is -0.322 e. The summed E-state index contributed by atoms with van der Waals surface area (Å²) in [6.45, 7) is 0. The van der Waals surface area contributed by atoms with Crippen LogP contribution < -0.4 is 5.32 Å². The second kappa shape index (κ2) is 10.5. The molecule has 0 bridgehead atoms. The van der Waals surface area contributed by atoms with Crippen molar-refractivity contribution in [3.05, 3.63) is 68.7 Å². The van der Waals surface area contributed by atoms with Gasteiger partial charge in [-0.05, 0) is 18.2 Å². The molecule has 0 unspecified atom stereocenters. The fourth-order valence-corrected chi connectivity index (χ4v) is 2.89. The molecule has 0 aliphatic carbocycles. The van der Waals surface area contributed by atoms with Crippen molar-refractivity contribution in [2.75, 3.05) is 5.32 Å². The number of hydrogen-bond donors (Lipinski definition) is 1. The van der Waals surface area contributed by atoms with E-state index >= 15 is 0 Å². The lowest BCUT2D eigenvalue weighted by atomic mass is 10.1. The zero-order valence-corrected chi connectivity index (χ0v) is 19.1. The van der Waals surface area contributed by atoms with Crippen molar-refractivity contribution in [2.45, 2.75) is 36.5 Å². The van der Waals surface area contributed by atoms with Crippen molar-refractivity contribution in [2.24, 2.45) is 0 Å². The molecule has 0 aliphatic rings. The summed E-state index contributed by atoms with van der Waals surface area (Å²) in [5.74, 6) is -14.9. The maximum atomic E-state index is 14.4. The van der Waals surface area contributed by atoms with Gasteiger partial charge in [-0.15, -0.1) is 13.2 Å². The first kappa shape index (κ1) is 32.8. The van der Waals surface area contributed by atoms with Gasteiger partial charge in [0.2, 0.25) is 0 Å². The molecule has 1 N–H and O–H groups in total. The van der Waals surface area contributed by atoms with Crippen molar-refractivity contribution >= 4 is 28.9 Å². The lowest BCUT2D eigenvalue weighted by Crippen LogP contribution is -2.61. The van der Waals surface area contributed by atoms with Crippen LogP contribution in [0, 0.1) is 10.1 Å². The van der Waals surface area contributed by atoms with Crippen LogP contribution in [0.4, 0.5) is 68.5 Å². The molecule has 7 nitrogen and oxygen atoms in total. The zero-order chi connectivity index (χ0) is 31.1. The van der Waals surface area contributed by atoms with E-state index in [2.05, 4.69) is 0 Å². The van der Waals surface area contributed by atoms with Crippen molar-refractivity contribution in [3.63, 3.8) is 0 Å². The molecule has 0 aromatic heterocycles. The fraction of sp³-hybridized carbons (Fsp3) is 0.316. The number of anilines is 1. The Bertz CT molecular complexity index is 1290. The Morgan fingerprint density at radius 3 is 1.85 bits per heavy atom. The van der Waals surface area contributed by atoms with E-state index in [1.807, 2.05) is 10.1 Å². The summed E-state index contributed by atoms with van der Waals surface area (Å²) in [5.41, 5.74) is -3.95. The van der Waals surface area contributed by atoms with Gasteiger partial charge in [0.1, 0.15) is 0 Å². The molecule has 2 aromatic rings. The summed E-state index contributed by atoms with van der Waals surface area (Å²) in [7, 11) is 0. The second-order valence-corrected chi connectivity index (χ2v) is 7.71. The van der Waals surface area contributed by atoms with E-state index in [4.69, 9.17) is 11.6 Å². The number of amides is 1. The van der Waals surface area contributed by atoms with Crippen molar-refractivity contribution < 1.29 is 76.3 Å². The van der Waals surface area contributed by atoms with Gasteiger partial charge in [-0.25, -0.2) is 9.47 Å². The average Bonchev–Trinajstić information content (AvgIpc) is 2.76. The smallest absolute Gasteiger partial charge is 0.322 e. The van der Waals surface area contributed by atoms with Gasteiger partial charge >= 0.3 is 36.5 Å². The van der Waals surface area contributed by atoms with E-state index in [9.17, 15) is 72.0 Å². The summed E-state index contributed by atoms with van der Waals surface area (Å²) in [6, 6.07) is 3.56. The topological polar surface area (TPSA) is 90.7 Å². The van der Waals surface area contributed by atoms with Gasteiger partial charge in [-0.3, -0.25) is 14.9 Å². The Kier molecular flexibility index (Phi) is 8.65. The third-order valence-electron chi connectivity index (χ3n) is 4.49. The molecule has 2 aromatic carbocycles. The minimum atomic E-state index is -7.57. The van der Waals surface area contributed by atoms with Crippen LogP contribution in [0.2, 0.25) is 5.02 Å². The van der Waals surface area contributed by atoms with Gasteiger partial charge in [0, 0.05) is 23.4 Å². The molecule has 21 heteroatoms. The molecule has 0 spiro atoms. The Balaban J connectivity index is 2.35. The number of nitrogens with one attached hydrogen (secondary N) is 1. The SMILES string of the molecule is O=C(Nc1cccc(C(F)(F)C(F)(F)OC(F)(F)C(F)(F)C(F)(F)OC(F)(F)F)c1)c1ccc([N+](=O)[O-])cc1Cl. The van der Waals surface area contributed by atoms with Crippen LogP contribution in [0.1, 0.15) is 15.9 Å². The molecule has 222 valence electrons. The zero-order valence-electron chi connectivity index (χ0n) is 18.3. The standard InChI is InChI=1S/C19H8ClF13N2O5/c20-12-7-10(35(37)38)4-5-11(12)13(36)34-9-3-1-2-8(6-9)14(21,22)16(25,26)39-17(27,28)15(23,24)18(29,30)40-19(31,32)33/h1-7H,(H,34,36). The fourth-order valence-electron chi connectivity index (χ4n) is 2.63. The van der Waals surface area contributed by atoms with Gasteiger partial charge in [-0.2, -0.15) is 43.9 Å². The van der Waals surface area contributed by atoms with E-state index in [1.54, 1.807) is 0 Å². The number of non-ortho nitro benzene ring substituents is 1. The molecular weight excluding hydrogens is 619 g/mol. The predicted octanol–water partition coefficient (Wildman–Crippen LogP) is 7.56. The third-order valence-corrected chi connectivity index (χ3v) is 4.80. The molecule has 0 saturated heterocycles. The summed E-state index contributed by atoms with van der Waals surface area (Å²) in [4.78, 5) is 22.1. The number of rotatable bonds is 10. The predicted molar refractivity (Wildman–Crippen MR) is 104 cm³/mol. The minimum absolute atomic E-state index is 0.0356. The first-order chi connectivity index (χ1) is 17.8. The number of alkyl halides is 13. The van der Waals surface area contributed by atoms with Crippen molar-refractivity contribution in [3.8, 4) is 0 Å². The van der Waals surface area contributed by atoms with E-state index in [-0.39, 0.29) is 12.1 Å². The lowest BCUT2D eigenvalue weighted by molar-refractivity contribution is -0.535. The van der Waals surface area contributed by atoms with Crippen molar-refractivity contribution in [1.29, 1.82) is 0 Å². The van der Waals surface area contributed by atoms with Crippen LogP contribution in [-0.4, -0.2) is 41.4 Å². The number of carbonyl (C=O) groups is 1. The van der Waals surface area contributed by atoms with Crippen LogP contribution in [0.3, 0.4) is 0 Å². The van der Waals surface area contributed by atoms with Gasteiger partial charge in [-0.1, -0.05) is 23.7 Å². The summed E-state index contributed by atoms with van der Waals surface area (Å²) in [6.07, 6.45) is -28.2. The van der Waals surface area contributed by atoms with Crippen LogP contribution in [0.15, 0.2) is 42.5 Å². The van der Waals surface area contributed by atoms with Crippen LogP contribution in [0.25, 0.3) is 0 Å². The number of nitro groups is 1. The van der Waals surface area contributed by atoms with E-state index in [0.717, 1.165) is 18.2 Å². The van der Waals surface area contributed by atoms with Crippen LogP contribution >= 0.6 is 11.6 Å². The second-order valence-electron chi connectivity index (χ2n) is 7.31. The monoisotopic (exact) mass is 626 g/mol. The number of halogens is 14. The van der Waals surface area contributed by atoms with E-state index in [0.29, 0.717) is 12.1 Å². The highest BCUT2D eigenvalue weighted by molar-refractivity contribution is 6.34. The molecule has 40 heavy (non-hydrogen) atoms. The number of nitro benzene ring substituents is 1. The molecule has 0 saturated carbocycles. The average molecular weight is 627 g/mol. The van der Waals surface area contributed by atoms with Crippen LogP contribution in [-0.2, 0) is 15.4 Å². The normalized spacial score (nSPS) is 13.8. The molecule has 2 rings (SSSR count). The first-order valence-corrected chi connectivity index (χ1v) is 9.94. The van der Waals surface area contributed by atoms with Gasteiger partial charge in [0.05, 0.1) is 15.5 Å². The maximum Gasteiger partial charge on any atom is 0.527 e. The number of hydrogen-bond acceptors (Lipinski definition) is 5. The number of ether oxygens (including phenoxy) is 2. The highest BCUT2D eigenvalue weighted by Crippen LogP contribution is 2.54. The summed E-state index contributed by atoms with van der Waals surface area (Å²) in [5, 5.41) is 12.0. The van der Waals surface area contributed by atoms with Gasteiger partial charge in [0.15, 0.2) is 0 Å². The molecule has 0 fully saturated rings. The number of benzene rings is 2. The molecule has 0 atom stereocenters. The Labute approximate surface area is 216 Å². The van der Waals surface area contributed by atoms with Gasteiger partial charge < -0.3 is 5.32 Å². The summed E-state index contributed by atoms with van der Waals surface area (Å²) >= 11 is 5.71. The van der Waals surface area contributed by atoms with Gasteiger partial charge in [0.25, 0.3) is 11.6 Å². The Morgan fingerprint density at radius 2 is 1.35 bits per heavy atom. The lowest BCUT2D eigenvalue weighted by Gasteiger charge is -2.35. The van der Waals surface area contributed by atoms with Crippen LogP contribution in [0.5, 0.6) is 0 Å². The first-order valence-electron chi connectivity index (χ1n) is 9.56. The molecular formula is C19H8ClF13N2O5.